The second-order valence-corrected chi connectivity index (χ2v) is 8.18. The van der Waals surface area contributed by atoms with Gasteiger partial charge in [-0.1, -0.05) is 29.8 Å². The van der Waals surface area contributed by atoms with Gasteiger partial charge in [0, 0.05) is 23.7 Å². The topological polar surface area (TPSA) is 71.5 Å². The summed E-state index contributed by atoms with van der Waals surface area (Å²) < 4.78 is 5.28. The fraction of sp³-hybridized carbons (Fsp3) is 0.261. The third-order valence-electron chi connectivity index (χ3n) is 5.37. The quantitative estimate of drug-likeness (QED) is 0.654. The number of ether oxygens (including phenoxy) is 1. The fourth-order valence-electron chi connectivity index (χ4n) is 3.84. The van der Waals surface area contributed by atoms with E-state index in [0.717, 1.165) is 22.6 Å². The van der Waals surface area contributed by atoms with E-state index in [2.05, 4.69) is 10.3 Å². The van der Waals surface area contributed by atoms with Gasteiger partial charge in [-0.3, -0.25) is 9.59 Å². The van der Waals surface area contributed by atoms with E-state index >= 15 is 0 Å². The molecule has 1 fully saturated rings. The number of piperidine rings is 1. The van der Waals surface area contributed by atoms with E-state index in [1.807, 2.05) is 60.8 Å². The van der Waals surface area contributed by atoms with Crippen molar-refractivity contribution in [3.05, 3.63) is 71.2 Å². The van der Waals surface area contributed by atoms with Crippen LogP contribution >= 0.6 is 11.3 Å². The predicted octanol–water partition coefficient (Wildman–Crippen LogP) is 4.58. The smallest absolute Gasteiger partial charge is 0.231 e. The Bertz CT molecular complexity index is 1020. The van der Waals surface area contributed by atoms with Crippen molar-refractivity contribution in [3.8, 4) is 5.75 Å². The van der Waals surface area contributed by atoms with Gasteiger partial charge < -0.3 is 15.0 Å². The first-order valence-corrected chi connectivity index (χ1v) is 10.7. The van der Waals surface area contributed by atoms with E-state index in [1.54, 1.807) is 18.2 Å². The number of carbonyl (C=O) groups excluding carboxylic acids is 2. The molecule has 1 aliphatic rings. The number of nitrogens with zero attached hydrogens (tertiary/aromatic N) is 2. The summed E-state index contributed by atoms with van der Waals surface area (Å²) >= 11 is 1.38. The minimum absolute atomic E-state index is 0.0120. The van der Waals surface area contributed by atoms with Crippen LogP contribution in [-0.4, -0.2) is 23.9 Å². The lowest BCUT2D eigenvalue weighted by Crippen LogP contribution is -2.46. The normalized spacial score (nSPS) is 18.9. The van der Waals surface area contributed by atoms with Crippen LogP contribution in [-0.2, 0) is 9.59 Å². The number of amides is 2. The van der Waals surface area contributed by atoms with Gasteiger partial charge in [-0.25, -0.2) is 4.98 Å². The van der Waals surface area contributed by atoms with Crippen LogP contribution < -0.4 is 15.0 Å². The number of hydrogen-bond donors (Lipinski definition) is 1. The highest BCUT2D eigenvalue weighted by atomic mass is 32.1. The second kappa shape index (κ2) is 8.67. The van der Waals surface area contributed by atoms with Crippen LogP contribution in [0.25, 0.3) is 0 Å². The summed E-state index contributed by atoms with van der Waals surface area (Å²) in [5, 5.41) is 5.30. The maximum absolute atomic E-state index is 13.2. The number of thiazole rings is 1. The number of hydrogen-bond acceptors (Lipinski definition) is 5. The van der Waals surface area contributed by atoms with Crippen LogP contribution in [0.2, 0.25) is 0 Å². The maximum Gasteiger partial charge on any atom is 0.231 e. The number of carbonyl (C=O) groups is 2. The summed E-state index contributed by atoms with van der Waals surface area (Å²) in [5.41, 5.74) is 2.80. The number of nitrogens with one attached hydrogen (secondary N) is 1. The molecule has 1 N–H and O–H groups in total. The van der Waals surface area contributed by atoms with Gasteiger partial charge in [0.15, 0.2) is 5.13 Å². The summed E-state index contributed by atoms with van der Waals surface area (Å²) in [4.78, 5) is 32.2. The Morgan fingerprint density at radius 3 is 2.53 bits per heavy atom. The minimum Gasteiger partial charge on any atom is -0.497 e. The molecule has 0 spiro atoms. The molecule has 4 rings (SSSR count). The van der Waals surface area contributed by atoms with E-state index in [9.17, 15) is 9.59 Å². The number of anilines is 2. The molecule has 3 aromatic rings. The van der Waals surface area contributed by atoms with Crippen molar-refractivity contribution in [1.82, 2.24) is 4.98 Å². The molecule has 30 heavy (non-hydrogen) atoms. The molecular formula is C23H23N3O3S. The zero-order valence-corrected chi connectivity index (χ0v) is 17.7. The van der Waals surface area contributed by atoms with Gasteiger partial charge in [0.05, 0.1) is 19.1 Å². The van der Waals surface area contributed by atoms with Gasteiger partial charge in [0.25, 0.3) is 0 Å². The molecule has 1 aliphatic heterocycles. The second-order valence-electron chi connectivity index (χ2n) is 7.29. The molecule has 1 aromatic heterocycles. The molecule has 2 amide bonds. The zero-order valence-electron chi connectivity index (χ0n) is 16.9. The Kier molecular flexibility index (Phi) is 5.81. The van der Waals surface area contributed by atoms with Crippen LogP contribution in [0.4, 0.5) is 10.8 Å². The monoisotopic (exact) mass is 421 g/mol. The van der Waals surface area contributed by atoms with Gasteiger partial charge in [-0.15, -0.1) is 11.3 Å². The molecule has 0 aliphatic carbocycles. The van der Waals surface area contributed by atoms with E-state index in [-0.39, 0.29) is 11.8 Å². The Balaban J connectivity index is 1.74. The summed E-state index contributed by atoms with van der Waals surface area (Å²) in [6.45, 7) is 2.01. The molecule has 1 saturated heterocycles. The molecule has 0 radical (unpaired) electrons. The third kappa shape index (κ3) is 4.07. The molecule has 2 aromatic carbocycles. The molecule has 6 nitrogen and oxygen atoms in total. The molecular weight excluding hydrogens is 398 g/mol. The Labute approximate surface area is 179 Å². The molecule has 2 atom stereocenters. The van der Waals surface area contributed by atoms with Gasteiger partial charge in [-0.2, -0.15) is 0 Å². The van der Waals surface area contributed by atoms with Crippen LogP contribution in [0.1, 0.15) is 30.0 Å². The highest BCUT2D eigenvalue weighted by Gasteiger charge is 2.41. The van der Waals surface area contributed by atoms with Crippen LogP contribution in [0, 0.1) is 12.8 Å². The van der Waals surface area contributed by atoms with Gasteiger partial charge in [0.2, 0.25) is 11.8 Å². The van der Waals surface area contributed by atoms with Gasteiger partial charge in [-0.05, 0) is 43.2 Å². The van der Waals surface area contributed by atoms with E-state index in [0.29, 0.717) is 18.0 Å². The average Bonchev–Trinajstić information content (AvgIpc) is 3.27. The van der Waals surface area contributed by atoms with Gasteiger partial charge >= 0.3 is 0 Å². The van der Waals surface area contributed by atoms with Crippen molar-refractivity contribution < 1.29 is 14.3 Å². The van der Waals surface area contributed by atoms with Crippen LogP contribution in [0.3, 0.4) is 0 Å². The first-order chi connectivity index (χ1) is 14.6. The molecule has 2 unspecified atom stereocenters. The lowest BCUT2D eigenvalue weighted by atomic mass is 9.83. The number of benzene rings is 2. The Morgan fingerprint density at radius 2 is 1.90 bits per heavy atom. The number of aromatic nitrogens is 1. The maximum atomic E-state index is 13.2. The molecule has 7 heteroatoms. The average molecular weight is 422 g/mol. The third-order valence-corrected chi connectivity index (χ3v) is 6.05. The first kappa shape index (κ1) is 20.1. The molecule has 0 saturated carbocycles. The fourth-order valence-corrected chi connectivity index (χ4v) is 4.37. The van der Waals surface area contributed by atoms with Crippen molar-refractivity contribution in [1.29, 1.82) is 0 Å². The van der Waals surface area contributed by atoms with Crippen LogP contribution in [0.15, 0.2) is 60.1 Å². The van der Waals surface area contributed by atoms with Crippen molar-refractivity contribution in [2.24, 2.45) is 5.92 Å². The summed E-state index contributed by atoms with van der Waals surface area (Å²) in [5.74, 6) is 0.209. The SMILES string of the molecule is COc1ccc(C2C(C(=O)Nc3nccs3)CCC(=O)N2c2ccc(C)cc2)cc1. The van der Waals surface area contributed by atoms with E-state index in [4.69, 9.17) is 4.74 Å². The van der Waals surface area contributed by atoms with Gasteiger partial charge in [0.1, 0.15) is 5.75 Å². The number of rotatable bonds is 5. The van der Waals surface area contributed by atoms with E-state index in [1.165, 1.54) is 11.3 Å². The highest BCUT2D eigenvalue weighted by molar-refractivity contribution is 7.13. The Hall–Kier alpha value is -3.19. The number of methoxy groups -OCH3 is 1. The lowest BCUT2D eigenvalue weighted by molar-refractivity contribution is -0.125. The van der Waals surface area contributed by atoms with Crippen molar-refractivity contribution in [3.63, 3.8) is 0 Å². The van der Waals surface area contributed by atoms with Crippen molar-refractivity contribution in [2.75, 3.05) is 17.3 Å². The minimum atomic E-state index is -0.417. The zero-order chi connectivity index (χ0) is 21.1. The van der Waals surface area contributed by atoms with E-state index < -0.39 is 12.0 Å². The summed E-state index contributed by atoms with van der Waals surface area (Å²) in [6.07, 6.45) is 2.45. The Morgan fingerprint density at radius 1 is 1.17 bits per heavy atom. The van der Waals surface area contributed by atoms with Crippen molar-refractivity contribution in [2.45, 2.75) is 25.8 Å². The summed E-state index contributed by atoms with van der Waals surface area (Å²) in [7, 11) is 1.61. The van der Waals surface area contributed by atoms with Crippen LogP contribution in [0.5, 0.6) is 5.75 Å². The standard InChI is InChI=1S/C23H23N3O3S/c1-15-3-7-17(8-4-15)26-20(27)12-11-19(22(28)25-23-24-13-14-30-23)21(26)16-5-9-18(29-2)10-6-16/h3-10,13-14,19,21H,11-12H2,1-2H3,(H,24,25,28). The lowest BCUT2D eigenvalue weighted by Gasteiger charge is -2.40. The van der Waals surface area contributed by atoms with Crippen molar-refractivity contribution >= 4 is 34.0 Å². The predicted molar refractivity (Wildman–Crippen MR) is 118 cm³/mol. The molecule has 0 bridgehead atoms. The summed E-state index contributed by atoms with van der Waals surface area (Å²) in [6, 6.07) is 15.0. The first-order valence-electron chi connectivity index (χ1n) is 9.80. The highest BCUT2D eigenvalue weighted by Crippen LogP contribution is 2.41. The number of aryl methyl sites for hydroxylation is 1. The largest absolute Gasteiger partial charge is 0.497 e. The molecule has 2 heterocycles. The molecule has 154 valence electrons.